The summed E-state index contributed by atoms with van der Waals surface area (Å²) in [6, 6.07) is 16.1. The summed E-state index contributed by atoms with van der Waals surface area (Å²) in [5.74, 6) is -11.5. The molecular weight excluding hydrogens is 564 g/mol. The highest BCUT2D eigenvalue weighted by Gasteiger charge is 2.70. The van der Waals surface area contributed by atoms with E-state index in [1.165, 1.54) is 12.2 Å². The third-order valence-corrected chi connectivity index (χ3v) is 9.80. The van der Waals surface area contributed by atoms with Gasteiger partial charge in [-0.15, -0.1) is 18.7 Å². The fourth-order valence-electron chi connectivity index (χ4n) is 6.16. The average molecular weight is 587 g/mol. The van der Waals surface area contributed by atoms with Crippen LogP contribution in [0.15, 0.2) is 72.8 Å². The molecular formula is C26H22N2O10S2. The number of hydrogen-bond donors (Lipinski definition) is 0. The van der Waals surface area contributed by atoms with E-state index in [1.54, 1.807) is 60.7 Å². The molecule has 2 saturated heterocycles. The van der Waals surface area contributed by atoms with Crippen molar-refractivity contribution in [3.8, 4) is 0 Å². The number of hydroxylamine groups is 4. The molecule has 14 heteroatoms. The molecule has 2 aromatic carbocycles. The van der Waals surface area contributed by atoms with Gasteiger partial charge in [-0.3, -0.25) is 19.2 Å². The monoisotopic (exact) mass is 586 g/mol. The van der Waals surface area contributed by atoms with Crippen LogP contribution in [0.1, 0.15) is 11.1 Å². The first-order valence-electron chi connectivity index (χ1n) is 12.3. The van der Waals surface area contributed by atoms with Crippen LogP contribution in [0.2, 0.25) is 0 Å². The molecule has 1 saturated carbocycles. The number of carbonyl (C=O) groups is 4. The van der Waals surface area contributed by atoms with E-state index in [2.05, 4.69) is 0 Å². The van der Waals surface area contributed by atoms with Crippen molar-refractivity contribution in [2.45, 2.75) is 11.5 Å². The molecule has 2 heterocycles. The second kappa shape index (κ2) is 9.44. The van der Waals surface area contributed by atoms with Crippen LogP contribution in [0, 0.1) is 35.5 Å². The number of nitrogens with zero attached hydrogens (tertiary/aromatic N) is 2. The fraction of sp³-hybridized carbons (Fsp3) is 0.308. The Morgan fingerprint density at radius 3 is 1.12 bits per heavy atom. The van der Waals surface area contributed by atoms with Crippen molar-refractivity contribution in [1.29, 1.82) is 0 Å². The number of amides is 4. The molecule has 12 nitrogen and oxygen atoms in total. The lowest BCUT2D eigenvalue weighted by molar-refractivity contribution is -0.166. The maximum absolute atomic E-state index is 13.3. The second-order valence-electron chi connectivity index (χ2n) is 10.1. The van der Waals surface area contributed by atoms with Gasteiger partial charge in [-0.1, -0.05) is 72.8 Å². The Morgan fingerprint density at radius 2 is 0.825 bits per heavy atom. The van der Waals surface area contributed by atoms with Crippen molar-refractivity contribution < 1.29 is 44.6 Å². The van der Waals surface area contributed by atoms with Crippen molar-refractivity contribution in [1.82, 2.24) is 10.1 Å². The lowest BCUT2D eigenvalue weighted by Gasteiger charge is -2.44. The molecule has 2 aliphatic heterocycles. The Kier molecular flexibility index (Phi) is 6.25. The SMILES string of the molecule is O=C1C2C3C=CC(C2C(=O)N1OS(=O)(=O)Cc1ccccc1)C1C(=O)N(OS(=O)(=O)Cc2ccccc2)C(=O)C31. The Balaban J connectivity index is 1.22. The molecule has 208 valence electrons. The summed E-state index contributed by atoms with van der Waals surface area (Å²) in [4.78, 5) is 53.2. The van der Waals surface area contributed by atoms with Gasteiger partial charge in [0.1, 0.15) is 11.5 Å². The predicted octanol–water partition coefficient (Wildman–Crippen LogP) is 0.928. The highest BCUT2D eigenvalue weighted by molar-refractivity contribution is 7.86. The fourth-order valence-corrected chi connectivity index (χ4v) is 8.21. The first-order valence-corrected chi connectivity index (χ1v) is 15.5. The Labute approximate surface area is 229 Å². The number of carbonyl (C=O) groups excluding carboxylic acids is 4. The Hall–Kier alpha value is -3.72. The summed E-state index contributed by atoms with van der Waals surface area (Å²) in [5, 5.41) is 0.435. The molecule has 2 aromatic rings. The molecule has 0 aromatic heterocycles. The van der Waals surface area contributed by atoms with Crippen LogP contribution < -0.4 is 0 Å². The molecule has 4 unspecified atom stereocenters. The molecule has 0 N–H and O–H groups in total. The first kappa shape index (κ1) is 26.5. The zero-order valence-electron chi connectivity index (χ0n) is 20.6. The molecule has 5 aliphatic rings. The van der Waals surface area contributed by atoms with E-state index >= 15 is 0 Å². The minimum absolute atomic E-state index is 0.217. The van der Waals surface area contributed by atoms with E-state index in [-0.39, 0.29) is 10.1 Å². The molecule has 4 atom stereocenters. The van der Waals surface area contributed by atoms with Crippen molar-refractivity contribution in [3.05, 3.63) is 83.9 Å². The van der Waals surface area contributed by atoms with E-state index in [9.17, 15) is 36.0 Å². The van der Waals surface area contributed by atoms with Crippen LogP contribution in [-0.4, -0.2) is 50.6 Å². The van der Waals surface area contributed by atoms with Crippen LogP contribution in [0.25, 0.3) is 0 Å². The average Bonchev–Trinajstić information content (AvgIpc) is 3.32. The maximum atomic E-state index is 13.3. The van der Waals surface area contributed by atoms with Crippen LogP contribution in [-0.2, 0) is 59.5 Å². The number of imide groups is 2. The number of rotatable bonds is 8. The standard InChI is InChI=1S/C26H22N2O10S2/c29-23-19-17-11-12-18(20(19)24(30)27(23)37-39(33,34)13-15-7-3-1-4-8-15)22-21(17)25(31)28(26(22)32)38-40(35,36)14-16-9-5-2-6-10-16/h1-12,17-22H,13-14H2. The van der Waals surface area contributed by atoms with Gasteiger partial charge in [-0.2, -0.15) is 16.8 Å². The first-order chi connectivity index (χ1) is 19.0. The maximum Gasteiger partial charge on any atom is 0.292 e. The highest BCUT2D eigenvalue weighted by atomic mass is 32.2. The van der Waals surface area contributed by atoms with Crippen molar-refractivity contribution in [3.63, 3.8) is 0 Å². The topological polar surface area (TPSA) is 161 Å². The van der Waals surface area contributed by atoms with E-state index in [0.717, 1.165) is 0 Å². The predicted molar refractivity (Wildman–Crippen MR) is 134 cm³/mol. The van der Waals surface area contributed by atoms with Crippen molar-refractivity contribution >= 4 is 43.9 Å². The van der Waals surface area contributed by atoms with Crippen molar-refractivity contribution in [2.75, 3.05) is 0 Å². The van der Waals surface area contributed by atoms with Gasteiger partial charge in [0.15, 0.2) is 0 Å². The summed E-state index contributed by atoms with van der Waals surface area (Å²) < 4.78 is 60.6. The van der Waals surface area contributed by atoms with Crippen LogP contribution in [0.4, 0.5) is 0 Å². The van der Waals surface area contributed by atoms with E-state index < -0.39 is 90.9 Å². The highest BCUT2D eigenvalue weighted by Crippen LogP contribution is 2.58. The van der Waals surface area contributed by atoms with Crippen LogP contribution in [0.5, 0.6) is 0 Å². The third-order valence-electron chi connectivity index (χ3n) is 7.68. The summed E-state index contributed by atoms with van der Waals surface area (Å²) in [5.41, 5.74) is 0.766. The molecule has 2 bridgehead atoms. The summed E-state index contributed by atoms with van der Waals surface area (Å²) >= 11 is 0. The lowest BCUT2D eigenvalue weighted by Crippen LogP contribution is -2.50. The zero-order chi connectivity index (χ0) is 28.4. The summed E-state index contributed by atoms with van der Waals surface area (Å²) in [6.07, 6.45) is 3.07. The van der Waals surface area contributed by atoms with Crippen LogP contribution in [0.3, 0.4) is 0 Å². The molecule has 4 amide bonds. The normalized spacial score (nSPS) is 29.3. The quantitative estimate of drug-likeness (QED) is 0.321. The van der Waals surface area contributed by atoms with Gasteiger partial charge in [-0.25, -0.2) is 0 Å². The minimum Gasteiger partial charge on any atom is -0.272 e. The van der Waals surface area contributed by atoms with Gasteiger partial charge in [0.2, 0.25) is 0 Å². The van der Waals surface area contributed by atoms with E-state index in [0.29, 0.717) is 11.1 Å². The van der Waals surface area contributed by atoms with Gasteiger partial charge in [0, 0.05) is 11.8 Å². The van der Waals surface area contributed by atoms with E-state index in [4.69, 9.17) is 8.57 Å². The van der Waals surface area contributed by atoms with Gasteiger partial charge in [-0.05, 0) is 11.1 Å². The van der Waals surface area contributed by atoms with Gasteiger partial charge in [0.05, 0.1) is 23.7 Å². The molecule has 0 radical (unpaired) electrons. The number of benzene rings is 2. The smallest absolute Gasteiger partial charge is 0.272 e. The lowest BCUT2D eigenvalue weighted by atomic mass is 9.54. The Morgan fingerprint density at radius 1 is 0.525 bits per heavy atom. The third kappa shape index (κ3) is 4.36. The van der Waals surface area contributed by atoms with Gasteiger partial charge in [0.25, 0.3) is 43.9 Å². The summed E-state index contributed by atoms with van der Waals surface area (Å²) in [6.45, 7) is 0. The molecule has 3 aliphatic carbocycles. The zero-order valence-corrected chi connectivity index (χ0v) is 22.2. The molecule has 3 fully saturated rings. The molecule has 40 heavy (non-hydrogen) atoms. The number of allylic oxidation sites excluding steroid dienone is 2. The second-order valence-corrected chi connectivity index (χ2v) is 13.2. The van der Waals surface area contributed by atoms with Crippen molar-refractivity contribution in [2.24, 2.45) is 35.5 Å². The summed E-state index contributed by atoms with van der Waals surface area (Å²) in [7, 11) is -8.80. The Bertz CT molecular complexity index is 1490. The van der Waals surface area contributed by atoms with Crippen LogP contribution >= 0.6 is 0 Å². The molecule has 7 rings (SSSR count). The molecule has 0 spiro atoms. The minimum atomic E-state index is -4.40. The van der Waals surface area contributed by atoms with Gasteiger partial charge >= 0.3 is 0 Å². The number of hydrogen-bond acceptors (Lipinski definition) is 10. The van der Waals surface area contributed by atoms with Gasteiger partial charge < -0.3 is 0 Å². The largest absolute Gasteiger partial charge is 0.292 e. The van der Waals surface area contributed by atoms with E-state index in [1.807, 2.05) is 0 Å².